The number of benzene rings is 1. The number of hydrogen-bond acceptors (Lipinski definition) is 4. The van der Waals surface area contributed by atoms with E-state index in [0.29, 0.717) is 24.0 Å². The number of carboxylic acids is 1. The van der Waals surface area contributed by atoms with Crippen molar-refractivity contribution in [3.63, 3.8) is 0 Å². The summed E-state index contributed by atoms with van der Waals surface area (Å²) in [6.07, 6.45) is 4.12. The van der Waals surface area contributed by atoms with E-state index in [2.05, 4.69) is 5.73 Å². The highest BCUT2D eigenvalue weighted by Gasteiger charge is 2.42. The monoisotopic (exact) mass is 356 g/mol. The minimum Gasteiger partial charge on any atom is -0.477 e. The Morgan fingerprint density at radius 2 is 1.85 bits per heavy atom. The molecule has 1 aromatic carbocycles. The van der Waals surface area contributed by atoms with Crippen molar-refractivity contribution in [2.45, 2.75) is 31.9 Å². The molecule has 6 heteroatoms. The maximum absolute atomic E-state index is 12.7. The number of aliphatic carboxylic acids is 1. The second kappa shape index (κ2) is 7.25. The Labute approximate surface area is 151 Å². The first-order valence-electron chi connectivity index (χ1n) is 8.68. The van der Waals surface area contributed by atoms with Crippen LogP contribution >= 0.6 is 0 Å². The Hall–Kier alpha value is -2.73. The highest BCUT2D eigenvalue weighted by molar-refractivity contribution is 6.10. The lowest BCUT2D eigenvalue weighted by Gasteiger charge is -2.18. The van der Waals surface area contributed by atoms with E-state index in [4.69, 9.17) is 9.84 Å². The summed E-state index contributed by atoms with van der Waals surface area (Å²) in [5.74, 6) is -2.06. The normalized spacial score (nSPS) is 23.5. The molecule has 4 atom stereocenters. The molecule has 4 N–H and O–H groups in total. The van der Waals surface area contributed by atoms with Gasteiger partial charge in [0.2, 0.25) is 6.04 Å². The van der Waals surface area contributed by atoms with Crippen LogP contribution in [-0.2, 0) is 14.3 Å². The Morgan fingerprint density at radius 1 is 1.15 bits per heavy atom. The molecule has 0 spiro atoms. The maximum Gasteiger partial charge on any atom is 0.366 e. The molecule has 26 heavy (non-hydrogen) atoms. The second-order valence-corrected chi connectivity index (χ2v) is 6.75. The lowest BCUT2D eigenvalue weighted by atomic mass is 9.90. The van der Waals surface area contributed by atoms with E-state index in [1.54, 1.807) is 18.2 Å². The standard InChI is InChI=1S/C20H21NO5/c1-11(17(21)19(23)24)26-20(25)16-10-8-13-14(16)7-9-15(13)18(22)12-5-3-2-4-6-12/h2-7,9,11,13,16-17H,8,10,21H2,1H3,(H,23,24)/p+1/t11-,13?,16?,17?/m1/s1. The van der Waals surface area contributed by atoms with Crippen molar-refractivity contribution in [3.8, 4) is 0 Å². The molecule has 0 aliphatic heterocycles. The number of allylic oxidation sites excluding steroid dienone is 3. The van der Waals surface area contributed by atoms with Crippen LogP contribution in [0.15, 0.2) is 53.6 Å². The third kappa shape index (κ3) is 3.32. The molecule has 6 nitrogen and oxygen atoms in total. The largest absolute Gasteiger partial charge is 0.477 e. The molecule has 2 aliphatic carbocycles. The number of rotatable bonds is 6. The van der Waals surface area contributed by atoms with Crippen molar-refractivity contribution < 1.29 is 30.0 Å². The van der Waals surface area contributed by atoms with Crippen molar-refractivity contribution in [3.05, 3.63) is 59.2 Å². The van der Waals surface area contributed by atoms with Gasteiger partial charge < -0.3 is 15.6 Å². The Balaban J connectivity index is 1.67. The van der Waals surface area contributed by atoms with Gasteiger partial charge in [0.15, 0.2) is 11.9 Å². The van der Waals surface area contributed by atoms with Crippen molar-refractivity contribution in [1.29, 1.82) is 0 Å². The number of fused-ring (bicyclic) bond motifs is 1. The van der Waals surface area contributed by atoms with Crippen LogP contribution in [0.3, 0.4) is 0 Å². The van der Waals surface area contributed by atoms with Gasteiger partial charge in [-0.1, -0.05) is 42.5 Å². The summed E-state index contributed by atoms with van der Waals surface area (Å²) < 4.78 is 5.31. The lowest BCUT2D eigenvalue weighted by molar-refractivity contribution is -0.423. The summed E-state index contributed by atoms with van der Waals surface area (Å²) in [5, 5.41) is 8.97. The van der Waals surface area contributed by atoms with Gasteiger partial charge in [-0.05, 0) is 25.3 Å². The lowest BCUT2D eigenvalue weighted by Crippen LogP contribution is -2.70. The first-order valence-corrected chi connectivity index (χ1v) is 8.68. The number of esters is 1. The van der Waals surface area contributed by atoms with Crippen LogP contribution in [0.25, 0.3) is 0 Å². The van der Waals surface area contributed by atoms with Crippen LogP contribution in [0.1, 0.15) is 30.1 Å². The Morgan fingerprint density at radius 3 is 2.50 bits per heavy atom. The number of ether oxygens (including phenoxy) is 1. The minimum absolute atomic E-state index is 0.0204. The topological polar surface area (TPSA) is 108 Å². The molecule has 3 rings (SSSR count). The van der Waals surface area contributed by atoms with Gasteiger partial charge in [0.1, 0.15) is 0 Å². The predicted molar refractivity (Wildman–Crippen MR) is 93.0 cm³/mol. The highest BCUT2D eigenvalue weighted by Crippen LogP contribution is 2.45. The Kier molecular flexibility index (Phi) is 5.04. The molecule has 0 bridgehead atoms. The van der Waals surface area contributed by atoms with Gasteiger partial charge in [-0.25, -0.2) is 4.79 Å². The van der Waals surface area contributed by atoms with Gasteiger partial charge in [0.05, 0.1) is 5.92 Å². The van der Waals surface area contributed by atoms with Crippen LogP contribution in [0.4, 0.5) is 0 Å². The number of carboxylic acid groups (broad SMARTS) is 1. The van der Waals surface area contributed by atoms with E-state index in [0.717, 1.165) is 5.57 Å². The predicted octanol–water partition coefficient (Wildman–Crippen LogP) is 1.39. The molecule has 2 aliphatic rings. The van der Waals surface area contributed by atoms with Crippen molar-refractivity contribution in [2.75, 3.05) is 0 Å². The van der Waals surface area contributed by atoms with Crippen molar-refractivity contribution >= 4 is 17.7 Å². The molecule has 0 aromatic heterocycles. The van der Waals surface area contributed by atoms with Crippen LogP contribution in [-0.4, -0.2) is 35.0 Å². The molecule has 1 saturated carbocycles. The molecule has 1 aromatic rings. The van der Waals surface area contributed by atoms with Gasteiger partial charge in [-0.3, -0.25) is 9.59 Å². The van der Waals surface area contributed by atoms with Gasteiger partial charge >= 0.3 is 11.9 Å². The van der Waals surface area contributed by atoms with E-state index >= 15 is 0 Å². The molecule has 0 heterocycles. The summed E-state index contributed by atoms with van der Waals surface area (Å²) in [6, 6.07) is 8.06. The van der Waals surface area contributed by atoms with Crippen LogP contribution in [0.5, 0.6) is 0 Å². The van der Waals surface area contributed by atoms with Crippen LogP contribution < -0.4 is 5.73 Å². The second-order valence-electron chi connectivity index (χ2n) is 6.75. The summed E-state index contributed by atoms with van der Waals surface area (Å²) in [5.41, 5.74) is 5.73. The van der Waals surface area contributed by atoms with E-state index in [1.807, 2.05) is 24.3 Å². The molecule has 0 amide bonds. The molecule has 0 saturated heterocycles. The van der Waals surface area contributed by atoms with Crippen molar-refractivity contribution in [2.24, 2.45) is 11.8 Å². The molecular formula is C20H22NO5+. The van der Waals surface area contributed by atoms with E-state index < -0.39 is 30.0 Å². The average Bonchev–Trinajstić information content (AvgIpc) is 3.22. The summed E-state index contributed by atoms with van der Waals surface area (Å²) in [7, 11) is 0. The van der Waals surface area contributed by atoms with Gasteiger partial charge in [0, 0.05) is 17.1 Å². The fraction of sp³-hybridized carbons (Fsp3) is 0.350. The fourth-order valence-electron chi connectivity index (χ4n) is 3.57. The molecular weight excluding hydrogens is 334 g/mol. The van der Waals surface area contributed by atoms with Gasteiger partial charge in [-0.15, -0.1) is 0 Å². The summed E-state index contributed by atoms with van der Waals surface area (Å²) >= 11 is 0. The molecule has 136 valence electrons. The zero-order chi connectivity index (χ0) is 18.8. The average molecular weight is 356 g/mol. The summed E-state index contributed by atoms with van der Waals surface area (Å²) in [4.78, 5) is 36.2. The number of ketones is 1. The van der Waals surface area contributed by atoms with Gasteiger partial charge in [0.25, 0.3) is 0 Å². The highest BCUT2D eigenvalue weighted by atomic mass is 16.5. The maximum atomic E-state index is 12.7. The fourth-order valence-corrected chi connectivity index (χ4v) is 3.57. The Bertz CT molecular complexity index is 796. The zero-order valence-corrected chi connectivity index (χ0v) is 14.6. The first kappa shape index (κ1) is 18.1. The SMILES string of the molecule is C[C@@H](OC(=O)C1CCC2C(C(=O)c3ccccc3)=CC=C12)C([NH3+])C(=O)O. The van der Waals surface area contributed by atoms with Crippen LogP contribution in [0.2, 0.25) is 0 Å². The quantitative estimate of drug-likeness (QED) is 0.591. The molecule has 1 fully saturated rings. The molecule has 3 unspecified atom stereocenters. The number of carbonyl (C=O) groups is 3. The third-order valence-corrected chi connectivity index (χ3v) is 5.15. The number of hydrogen-bond donors (Lipinski definition) is 2. The van der Waals surface area contributed by atoms with Gasteiger partial charge in [-0.2, -0.15) is 0 Å². The zero-order valence-electron chi connectivity index (χ0n) is 14.6. The number of Topliss-reactive ketones (excluding diaryl/α,β-unsaturated/α-hetero) is 1. The van der Waals surface area contributed by atoms with E-state index in [1.165, 1.54) is 6.92 Å². The number of carbonyl (C=O) groups excluding carboxylic acids is 2. The van der Waals surface area contributed by atoms with E-state index in [-0.39, 0.29) is 11.7 Å². The summed E-state index contributed by atoms with van der Waals surface area (Å²) in [6.45, 7) is 1.53. The third-order valence-electron chi connectivity index (χ3n) is 5.15. The van der Waals surface area contributed by atoms with Crippen molar-refractivity contribution in [1.82, 2.24) is 0 Å². The smallest absolute Gasteiger partial charge is 0.366 e. The first-order chi connectivity index (χ1) is 12.4. The number of quaternary nitrogens is 1. The molecule has 0 radical (unpaired) electrons. The van der Waals surface area contributed by atoms with E-state index in [9.17, 15) is 14.4 Å². The van der Waals surface area contributed by atoms with Crippen LogP contribution in [0, 0.1) is 11.8 Å². The minimum atomic E-state index is -1.10.